The van der Waals surface area contributed by atoms with Crippen molar-refractivity contribution < 1.29 is 4.79 Å². The molecule has 0 amide bonds. The van der Waals surface area contributed by atoms with Gasteiger partial charge < -0.3 is 4.57 Å². The smallest absolute Gasteiger partial charge is 0.229 e. The van der Waals surface area contributed by atoms with Crippen molar-refractivity contribution in [3.8, 4) is 0 Å². The van der Waals surface area contributed by atoms with Gasteiger partial charge in [-0.15, -0.1) is 0 Å². The molecule has 0 aliphatic carbocycles. The molecule has 0 aliphatic rings. The molecule has 3 nitrogen and oxygen atoms in total. The third-order valence-electron chi connectivity index (χ3n) is 2.63. The lowest BCUT2D eigenvalue weighted by Crippen LogP contribution is -2.11. The van der Waals surface area contributed by atoms with E-state index in [1.807, 2.05) is 42.8 Å². The van der Waals surface area contributed by atoms with Gasteiger partial charge in [-0.1, -0.05) is 22.0 Å². The number of carbonyl (C=O) groups is 1. The molecular formula is C13H13BrN2O. The van der Waals surface area contributed by atoms with Gasteiger partial charge in [0.1, 0.15) is 0 Å². The molecule has 0 saturated carbocycles. The van der Waals surface area contributed by atoms with Gasteiger partial charge in [0.05, 0.1) is 0 Å². The van der Waals surface area contributed by atoms with E-state index in [1.54, 1.807) is 6.20 Å². The zero-order valence-corrected chi connectivity index (χ0v) is 11.4. The van der Waals surface area contributed by atoms with E-state index in [1.165, 1.54) is 0 Å². The van der Waals surface area contributed by atoms with Crippen molar-refractivity contribution in [1.29, 1.82) is 0 Å². The molecule has 0 fully saturated rings. The van der Waals surface area contributed by atoms with Crippen LogP contribution in [0.2, 0.25) is 0 Å². The van der Waals surface area contributed by atoms with Crippen molar-refractivity contribution in [2.75, 3.05) is 0 Å². The number of benzene rings is 1. The Bertz CT molecular complexity index is 560. The average Bonchev–Trinajstić information content (AvgIpc) is 2.76. The Morgan fingerprint density at radius 3 is 2.88 bits per heavy atom. The van der Waals surface area contributed by atoms with Crippen LogP contribution in [-0.4, -0.2) is 15.3 Å². The number of halogens is 1. The molecule has 1 aromatic heterocycles. The maximum Gasteiger partial charge on any atom is 0.229 e. The minimum Gasteiger partial charge on any atom is -0.328 e. The second-order valence-electron chi connectivity index (χ2n) is 3.85. The maximum atomic E-state index is 12.3. The number of aromatic nitrogens is 2. The lowest BCUT2D eigenvalue weighted by molar-refractivity contribution is 0.102. The van der Waals surface area contributed by atoms with Crippen LogP contribution in [-0.2, 0) is 6.54 Å². The van der Waals surface area contributed by atoms with Crippen molar-refractivity contribution in [3.63, 3.8) is 0 Å². The summed E-state index contributed by atoms with van der Waals surface area (Å²) >= 11 is 3.42. The molecule has 0 aliphatic heterocycles. The monoisotopic (exact) mass is 292 g/mol. The van der Waals surface area contributed by atoms with Crippen molar-refractivity contribution in [2.45, 2.75) is 20.4 Å². The van der Waals surface area contributed by atoms with Crippen LogP contribution in [0, 0.1) is 6.92 Å². The lowest BCUT2D eigenvalue weighted by Gasteiger charge is -2.06. The number of aryl methyl sites for hydroxylation is 2. The van der Waals surface area contributed by atoms with Crippen molar-refractivity contribution in [2.24, 2.45) is 0 Å². The van der Waals surface area contributed by atoms with Crippen molar-refractivity contribution in [3.05, 3.63) is 52.0 Å². The molecule has 0 bridgehead atoms. The van der Waals surface area contributed by atoms with Crippen LogP contribution in [0.4, 0.5) is 0 Å². The molecule has 88 valence electrons. The fourth-order valence-electron chi connectivity index (χ4n) is 1.70. The quantitative estimate of drug-likeness (QED) is 0.814. The first-order valence-corrected chi connectivity index (χ1v) is 6.24. The van der Waals surface area contributed by atoms with Crippen LogP contribution < -0.4 is 0 Å². The molecule has 2 rings (SSSR count). The third-order valence-corrected chi connectivity index (χ3v) is 3.28. The predicted octanol–water partition coefficient (Wildman–Crippen LogP) is 3.20. The van der Waals surface area contributed by atoms with E-state index >= 15 is 0 Å². The topological polar surface area (TPSA) is 34.9 Å². The van der Waals surface area contributed by atoms with Gasteiger partial charge in [-0.3, -0.25) is 4.79 Å². The van der Waals surface area contributed by atoms with Gasteiger partial charge in [0.15, 0.2) is 5.82 Å². The second kappa shape index (κ2) is 4.84. The summed E-state index contributed by atoms with van der Waals surface area (Å²) in [6.07, 6.45) is 3.47. The van der Waals surface area contributed by atoms with E-state index in [-0.39, 0.29) is 5.78 Å². The summed E-state index contributed by atoms with van der Waals surface area (Å²) in [6, 6.07) is 5.69. The van der Waals surface area contributed by atoms with Crippen LogP contribution in [0.25, 0.3) is 0 Å². The summed E-state index contributed by atoms with van der Waals surface area (Å²) in [7, 11) is 0. The minimum absolute atomic E-state index is 0.0521. The number of carbonyl (C=O) groups excluding carboxylic acids is 1. The number of rotatable bonds is 3. The summed E-state index contributed by atoms with van der Waals surface area (Å²) in [5, 5.41) is 0. The Kier molecular flexibility index (Phi) is 3.43. The van der Waals surface area contributed by atoms with Gasteiger partial charge in [0, 0.05) is 29.0 Å². The summed E-state index contributed by atoms with van der Waals surface area (Å²) in [4.78, 5) is 16.4. The highest BCUT2D eigenvalue weighted by molar-refractivity contribution is 9.10. The lowest BCUT2D eigenvalue weighted by atomic mass is 10.1. The number of hydrogen-bond donors (Lipinski definition) is 0. The Hall–Kier alpha value is -1.42. The van der Waals surface area contributed by atoms with E-state index in [0.717, 1.165) is 16.6 Å². The van der Waals surface area contributed by atoms with Crippen molar-refractivity contribution >= 4 is 21.7 Å². The average molecular weight is 293 g/mol. The maximum absolute atomic E-state index is 12.3. The van der Waals surface area contributed by atoms with E-state index in [4.69, 9.17) is 0 Å². The highest BCUT2D eigenvalue weighted by Gasteiger charge is 2.16. The largest absolute Gasteiger partial charge is 0.328 e. The normalized spacial score (nSPS) is 10.5. The predicted molar refractivity (Wildman–Crippen MR) is 70.2 cm³/mol. The molecular weight excluding hydrogens is 280 g/mol. The molecule has 0 N–H and O–H groups in total. The molecule has 0 radical (unpaired) electrons. The van der Waals surface area contributed by atoms with Gasteiger partial charge in [0.25, 0.3) is 0 Å². The molecule has 0 atom stereocenters. The highest BCUT2D eigenvalue weighted by Crippen LogP contribution is 2.21. The first kappa shape index (κ1) is 12.0. The Labute approximate surface area is 109 Å². The van der Waals surface area contributed by atoms with E-state index < -0.39 is 0 Å². The van der Waals surface area contributed by atoms with Crippen LogP contribution in [0.15, 0.2) is 35.1 Å². The SMILES string of the molecule is CCn1ccnc1C(=O)c1ccc(C)cc1Br. The number of hydrogen-bond acceptors (Lipinski definition) is 2. The fourth-order valence-corrected chi connectivity index (χ4v) is 2.37. The van der Waals surface area contributed by atoms with Gasteiger partial charge in [-0.05, 0) is 31.5 Å². The van der Waals surface area contributed by atoms with Gasteiger partial charge in [-0.2, -0.15) is 0 Å². The molecule has 4 heteroatoms. The third kappa shape index (κ3) is 2.31. The van der Waals surface area contributed by atoms with E-state index in [9.17, 15) is 4.79 Å². The molecule has 17 heavy (non-hydrogen) atoms. The van der Waals surface area contributed by atoms with Gasteiger partial charge in [-0.25, -0.2) is 4.98 Å². The number of ketones is 1. The van der Waals surface area contributed by atoms with E-state index in [2.05, 4.69) is 20.9 Å². The van der Waals surface area contributed by atoms with Gasteiger partial charge in [0.2, 0.25) is 5.78 Å². The number of imidazole rings is 1. The van der Waals surface area contributed by atoms with Gasteiger partial charge >= 0.3 is 0 Å². The van der Waals surface area contributed by atoms with Crippen LogP contribution in [0.5, 0.6) is 0 Å². The highest BCUT2D eigenvalue weighted by atomic mass is 79.9. The summed E-state index contributed by atoms with van der Waals surface area (Å²) in [5.74, 6) is 0.431. The van der Waals surface area contributed by atoms with Crippen LogP contribution in [0.3, 0.4) is 0 Å². The van der Waals surface area contributed by atoms with Crippen LogP contribution >= 0.6 is 15.9 Å². The standard InChI is InChI=1S/C13H13BrN2O/c1-3-16-7-6-15-13(16)12(17)10-5-4-9(2)8-11(10)14/h4-8H,3H2,1-2H3. The fraction of sp³-hybridized carbons (Fsp3) is 0.231. The first-order valence-electron chi connectivity index (χ1n) is 5.45. The number of nitrogens with zero attached hydrogens (tertiary/aromatic N) is 2. The molecule has 0 spiro atoms. The molecule has 2 aromatic rings. The van der Waals surface area contributed by atoms with Crippen LogP contribution in [0.1, 0.15) is 28.7 Å². The summed E-state index contributed by atoms with van der Waals surface area (Å²) in [5.41, 5.74) is 1.77. The van der Waals surface area contributed by atoms with E-state index in [0.29, 0.717) is 11.4 Å². The second-order valence-corrected chi connectivity index (χ2v) is 4.70. The first-order chi connectivity index (χ1) is 8.13. The molecule has 1 heterocycles. The minimum atomic E-state index is -0.0521. The zero-order chi connectivity index (χ0) is 12.4. The summed E-state index contributed by atoms with van der Waals surface area (Å²) < 4.78 is 2.66. The Morgan fingerprint density at radius 2 is 2.24 bits per heavy atom. The molecule has 1 aromatic carbocycles. The zero-order valence-electron chi connectivity index (χ0n) is 9.77. The summed E-state index contributed by atoms with van der Waals surface area (Å²) in [6.45, 7) is 4.72. The van der Waals surface area contributed by atoms with Crippen molar-refractivity contribution in [1.82, 2.24) is 9.55 Å². The Balaban J connectivity index is 2.44. The Morgan fingerprint density at radius 1 is 1.47 bits per heavy atom. The molecule has 0 unspecified atom stereocenters. The molecule has 0 saturated heterocycles.